The Balaban J connectivity index is 1.26. The maximum absolute atomic E-state index is 14.5. The van der Waals surface area contributed by atoms with Gasteiger partial charge in [0, 0.05) is 21.9 Å². The molecule has 0 fully saturated rings. The Labute approximate surface area is 290 Å². The Morgan fingerprint density at radius 2 is 0.960 bits per heavy atom. The second-order valence-corrected chi connectivity index (χ2v) is 14.4. The summed E-state index contributed by atoms with van der Waals surface area (Å²) in [6, 6.07) is 56.8. The molecule has 0 saturated heterocycles. The van der Waals surface area contributed by atoms with Crippen LogP contribution in [0.15, 0.2) is 163 Å². The fourth-order valence-corrected chi connectivity index (χ4v) is 9.73. The second-order valence-electron chi connectivity index (χ2n) is 14.4. The van der Waals surface area contributed by atoms with Crippen molar-refractivity contribution in [3.8, 4) is 16.8 Å². The van der Waals surface area contributed by atoms with Crippen molar-refractivity contribution in [2.45, 2.75) is 24.7 Å². The van der Waals surface area contributed by atoms with Gasteiger partial charge in [0.1, 0.15) is 0 Å². The molecular formula is C47H32N2O. The first-order chi connectivity index (χ1) is 24.5. The van der Waals surface area contributed by atoms with Gasteiger partial charge in [-0.15, -0.1) is 0 Å². The van der Waals surface area contributed by atoms with Crippen LogP contribution in [0.4, 0.5) is 17.1 Å². The van der Waals surface area contributed by atoms with E-state index in [4.69, 9.17) is 0 Å². The number of aromatic nitrogens is 1. The van der Waals surface area contributed by atoms with E-state index in [1.165, 1.54) is 33.4 Å². The van der Waals surface area contributed by atoms with Gasteiger partial charge < -0.3 is 4.90 Å². The number of benzene rings is 7. The largest absolute Gasteiger partial charge is 0.310 e. The molecule has 0 bridgehead atoms. The summed E-state index contributed by atoms with van der Waals surface area (Å²) in [4.78, 5) is 17.0. The molecule has 0 saturated carbocycles. The lowest BCUT2D eigenvalue weighted by Gasteiger charge is -2.49. The van der Waals surface area contributed by atoms with Crippen molar-refractivity contribution in [3.63, 3.8) is 0 Å². The first-order valence-electron chi connectivity index (χ1n) is 17.4. The van der Waals surface area contributed by atoms with Crippen LogP contribution in [0, 0.1) is 0 Å². The van der Waals surface area contributed by atoms with E-state index in [1.54, 1.807) is 0 Å². The lowest BCUT2D eigenvalue weighted by atomic mass is 9.60. The summed E-state index contributed by atoms with van der Waals surface area (Å²) < 4.78 is 1.98. The highest BCUT2D eigenvalue weighted by Gasteiger charge is 2.51. The normalized spacial score (nSPS) is 15.4. The highest BCUT2D eigenvalue weighted by Crippen LogP contribution is 2.61. The SMILES string of the molecule is CC1(C)c2ccccc2-c2ccc(N3c4ccccc4C4(c5ccccc53)c3ccccc3-n3c(=O)c5ccccc5c5cccc4c53)cc21. The van der Waals surface area contributed by atoms with Crippen molar-refractivity contribution in [3.05, 3.63) is 201 Å². The minimum absolute atomic E-state index is 0.0172. The molecule has 11 rings (SSSR count). The number of para-hydroxylation sites is 4. The van der Waals surface area contributed by atoms with E-state index in [9.17, 15) is 4.79 Å². The molecule has 0 N–H and O–H groups in total. The van der Waals surface area contributed by atoms with Gasteiger partial charge in [-0.2, -0.15) is 0 Å². The molecule has 0 atom stereocenters. The van der Waals surface area contributed by atoms with E-state index in [2.05, 4.69) is 158 Å². The molecule has 1 spiro atoms. The average molecular weight is 641 g/mol. The maximum Gasteiger partial charge on any atom is 0.263 e. The smallest absolute Gasteiger partial charge is 0.263 e. The summed E-state index contributed by atoms with van der Waals surface area (Å²) in [5, 5.41) is 2.81. The average Bonchev–Trinajstić information content (AvgIpc) is 3.39. The third-order valence-electron chi connectivity index (χ3n) is 11.8. The zero-order valence-electron chi connectivity index (χ0n) is 27.8. The summed E-state index contributed by atoms with van der Waals surface area (Å²) in [7, 11) is 0. The molecule has 3 heterocycles. The van der Waals surface area contributed by atoms with Crippen LogP contribution in [0.25, 0.3) is 38.5 Å². The van der Waals surface area contributed by atoms with E-state index in [0.717, 1.165) is 55.6 Å². The van der Waals surface area contributed by atoms with Crippen molar-refractivity contribution < 1.29 is 0 Å². The van der Waals surface area contributed by atoms with Gasteiger partial charge in [0.05, 0.1) is 28.0 Å². The van der Waals surface area contributed by atoms with E-state index in [-0.39, 0.29) is 11.0 Å². The van der Waals surface area contributed by atoms with Crippen molar-refractivity contribution in [2.24, 2.45) is 0 Å². The van der Waals surface area contributed by atoms with Gasteiger partial charge in [0.25, 0.3) is 5.56 Å². The highest BCUT2D eigenvalue weighted by molar-refractivity contribution is 6.09. The lowest BCUT2D eigenvalue weighted by Crippen LogP contribution is -2.42. The zero-order chi connectivity index (χ0) is 33.4. The first-order valence-corrected chi connectivity index (χ1v) is 17.4. The van der Waals surface area contributed by atoms with Gasteiger partial charge in [-0.25, -0.2) is 0 Å². The Hall–Kier alpha value is -6.19. The Morgan fingerprint density at radius 1 is 0.440 bits per heavy atom. The number of hydrogen-bond acceptors (Lipinski definition) is 2. The van der Waals surface area contributed by atoms with E-state index < -0.39 is 5.41 Å². The minimum atomic E-state index is -0.666. The maximum atomic E-state index is 14.5. The quantitative estimate of drug-likeness (QED) is 0.167. The Bertz CT molecular complexity index is 2790. The number of nitrogens with zero attached hydrogens (tertiary/aromatic N) is 2. The topological polar surface area (TPSA) is 25.2 Å². The predicted molar refractivity (Wildman–Crippen MR) is 205 cm³/mol. The summed E-state index contributed by atoms with van der Waals surface area (Å²) in [5.41, 5.74) is 14.6. The monoisotopic (exact) mass is 640 g/mol. The van der Waals surface area contributed by atoms with E-state index in [1.807, 2.05) is 22.8 Å². The third-order valence-corrected chi connectivity index (χ3v) is 11.8. The molecule has 236 valence electrons. The predicted octanol–water partition coefficient (Wildman–Crippen LogP) is 10.9. The molecule has 0 unspecified atom stereocenters. The van der Waals surface area contributed by atoms with Crippen LogP contribution < -0.4 is 10.5 Å². The number of rotatable bonds is 1. The van der Waals surface area contributed by atoms with E-state index in [0.29, 0.717) is 0 Å². The van der Waals surface area contributed by atoms with Crippen LogP contribution in [-0.2, 0) is 10.8 Å². The summed E-state index contributed by atoms with van der Waals surface area (Å²) in [6.45, 7) is 4.69. The summed E-state index contributed by atoms with van der Waals surface area (Å²) >= 11 is 0. The van der Waals surface area contributed by atoms with Crippen LogP contribution in [-0.4, -0.2) is 4.57 Å². The van der Waals surface area contributed by atoms with Gasteiger partial charge in [0.15, 0.2) is 0 Å². The van der Waals surface area contributed by atoms with Crippen LogP contribution in [0.5, 0.6) is 0 Å². The molecule has 3 heteroatoms. The zero-order valence-corrected chi connectivity index (χ0v) is 27.8. The number of pyridine rings is 1. The molecule has 3 nitrogen and oxygen atoms in total. The van der Waals surface area contributed by atoms with Crippen LogP contribution in [0.1, 0.15) is 47.2 Å². The first kappa shape index (κ1) is 27.7. The number of hydrogen-bond donors (Lipinski definition) is 0. The molecule has 50 heavy (non-hydrogen) atoms. The molecule has 3 aliphatic rings. The van der Waals surface area contributed by atoms with Gasteiger partial charge in [-0.05, 0) is 86.3 Å². The highest BCUT2D eigenvalue weighted by atomic mass is 16.1. The van der Waals surface area contributed by atoms with Crippen molar-refractivity contribution in [2.75, 3.05) is 4.90 Å². The molecular weight excluding hydrogens is 609 g/mol. The van der Waals surface area contributed by atoms with Crippen molar-refractivity contribution in [1.29, 1.82) is 0 Å². The fraction of sp³-hybridized carbons (Fsp3) is 0.0851. The van der Waals surface area contributed by atoms with Crippen LogP contribution >= 0.6 is 0 Å². The van der Waals surface area contributed by atoms with E-state index >= 15 is 0 Å². The van der Waals surface area contributed by atoms with Gasteiger partial charge in [-0.3, -0.25) is 9.36 Å². The van der Waals surface area contributed by atoms with Gasteiger partial charge >= 0.3 is 0 Å². The van der Waals surface area contributed by atoms with Crippen molar-refractivity contribution in [1.82, 2.24) is 4.57 Å². The molecule has 1 aliphatic carbocycles. The molecule has 0 radical (unpaired) electrons. The lowest BCUT2D eigenvalue weighted by molar-refractivity contribution is 0.660. The molecule has 2 aliphatic heterocycles. The standard InChI is InChI=1S/C47H32N2O/c1-46(2)35-18-6-5-15-31(35)32-27-26-29(28-40(32)46)48-41-23-10-7-19-36(41)47(37-20-8-11-24-42(37)48)38-21-9-12-25-43(38)49-44-33(17-13-22-39(44)47)30-14-3-4-16-34(30)45(49)50/h3-28H,1-2H3. The second kappa shape index (κ2) is 9.49. The van der Waals surface area contributed by atoms with Crippen molar-refractivity contribution >= 4 is 38.7 Å². The van der Waals surface area contributed by atoms with Crippen LogP contribution in [0.2, 0.25) is 0 Å². The van der Waals surface area contributed by atoms with Gasteiger partial charge in [-0.1, -0.05) is 135 Å². The summed E-state index contributed by atoms with van der Waals surface area (Å²) in [5.74, 6) is 0. The molecule has 1 aromatic heterocycles. The van der Waals surface area contributed by atoms with Crippen LogP contribution in [0.3, 0.4) is 0 Å². The van der Waals surface area contributed by atoms with Gasteiger partial charge in [0.2, 0.25) is 0 Å². The Kier molecular flexibility index (Phi) is 5.26. The fourth-order valence-electron chi connectivity index (χ4n) is 9.73. The molecule has 7 aromatic carbocycles. The molecule has 8 aromatic rings. The molecule has 0 amide bonds. The number of anilines is 3. The minimum Gasteiger partial charge on any atom is -0.310 e. The Morgan fingerprint density at radius 3 is 1.68 bits per heavy atom. The third kappa shape index (κ3) is 3.19. The summed E-state index contributed by atoms with van der Waals surface area (Å²) in [6.07, 6.45) is 0. The number of fused-ring (bicyclic) bond motifs is 13.